The summed E-state index contributed by atoms with van der Waals surface area (Å²) in [5.74, 6) is 0.696. The van der Waals surface area contributed by atoms with Crippen molar-refractivity contribution in [2.45, 2.75) is 58.5 Å². The topological polar surface area (TPSA) is 49.9 Å². The van der Waals surface area contributed by atoms with Crippen LogP contribution in [0, 0.1) is 5.92 Å². The lowest BCUT2D eigenvalue weighted by atomic mass is 10.0. The fraction of sp³-hybridized carbons (Fsp3) is 1.00. The van der Waals surface area contributed by atoms with E-state index in [1.165, 1.54) is 6.42 Å². The van der Waals surface area contributed by atoms with Crippen molar-refractivity contribution < 1.29 is 13.2 Å². The van der Waals surface area contributed by atoms with Gasteiger partial charge in [0.25, 0.3) is 10.2 Å². The lowest BCUT2D eigenvalue weighted by Crippen LogP contribution is -2.52. The number of hydrogen-bond donors (Lipinski definition) is 0. The molecule has 6 heteroatoms. The van der Waals surface area contributed by atoms with Crippen LogP contribution in [-0.4, -0.2) is 55.9 Å². The average Bonchev–Trinajstić information content (AvgIpc) is 2.48. The fourth-order valence-corrected chi connectivity index (χ4v) is 4.80. The molecule has 0 bridgehead atoms. The SMILES string of the molecule is CC(C)CCC[C@@H]1CN(S(=O)(=O)N2CCCCC2)CCO1. The standard InChI is InChI=1S/C15H30N2O3S/c1-14(2)7-6-8-15-13-17(11-12-20-15)21(18,19)16-9-4-3-5-10-16/h14-15H,3-13H2,1-2H3/t15-/m1/s1. The maximum atomic E-state index is 12.7. The lowest BCUT2D eigenvalue weighted by Gasteiger charge is -2.36. The van der Waals surface area contributed by atoms with Gasteiger partial charge in [0.15, 0.2) is 0 Å². The molecule has 2 aliphatic heterocycles. The molecule has 0 aliphatic carbocycles. The predicted molar refractivity (Wildman–Crippen MR) is 84.3 cm³/mol. The van der Waals surface area contributed by atoms with E-state index in [1.807, 2.05) is 0 Å². The Hall–Kier alpha value is -0.170. The monoisotopic (exact) mass is 318 g/mol. The van der Waals surface area contributed by atoms with E-state index >= 15 is 0 Å². The Morgan fingerprint density at radius 1 is 1.10 bits per heavy atom. The predicted octanol–water partition coefficient (Wildman–Crippen LogP) is 2.24. The molecule has 0 spiro atoms. The highest BCUT2D eigenvalue weighted by Gasteiger charge is 2.34. The first-order chi connectivity index (χ1) is 10.00. The zero-order chi connectivity index (χ0) is 15.3. The minimum absolute atomic E-state index is 0.0667. The van der Waals surface area contributed by atoms with Crippen LogP contribution >= 0.6 is 0 Å². The largest absolute Gasteiger partial charge is 0.375 e. The molecule has 0 saturated carbocycles. The van der Waals surface area contributed by atoms with Crippen molar-refractivity contribution in [3.8, 4) is 0 Å². The number of hydrogen-bond acceptors (Lipinski definition) is 3. The Bertz CT molecular complexity index is 405. The van der Waals surface area contributed by atoms with Gasteiger partial charge in [-0.1, -0.05) is 33.1 Å². The Balaban J connectivity index is 1.87. The maximum absolute atomic E-state index is 12.7. The number of nitrogens with zero attached hydrogens (tertiary/aromatic N) is 2. The summed E-state index contributed by atoms with van der Waals surface area (Å²) in [6, 6.07) is 0. The minimum Gasteiger partial charge on any atom is -0.375 e. The van der Waals surface area contributed by atoms with Crippen molar-refractivity contribution in [1.82, 2.24) is 8.61 Å². The number of morpholine rings is 1. The van der Waals surface area contributed by atoms with E-state index in [1.54, 1.807) is 8.61 Å². The van der Waals surface area contributed by atoms with Gasteiger partial charge in [-0.2, -0.15) is 17.0 Å². The molecule has 1 atom stereocenters. The minimum atomic E-state index is -3.27. The molecule has 124 valence electrons. The third-order valence-electron chi connectivity index (χ3n) is 4.38. The van der Waals surface area contributed by atoms with E-state index in [0.29, 0.717) is 38.7 Å². The molecule has 0 radical (unpaired) electrons. The lowest BCUT2D eigenvalue weighted by molar-refractivity contribution is -0.00890. The van der Waals surface area contributed by atoms with Crippen LogP contribution in [0.25, 0.3) is 0 Å². The summed E-state index contributed by atoms with van der Waals surface area (Å²) in [4.78, 5) is 0. The molecular weight excluding hydrogens is 288 g/mol. The van der Waals surface area contributed by atoms with Gasteiger partial charge in [-0.05, 0) is 25.2 Å². The quantitative estimate of drug-likeness (QED) is 0.755. The third-order valence-corrected chi connectivity index (χ3v) is 6.38. The zero-order valence-corrected chi connectivity index (χ0v) is 14.3. The average molecular weight is 318 g/mol. The molecule has 0 unspecified atom stereocenters. The van der Waals surface area contributed by atoms with Gasteiger partial charge in [-0.25, -0.2) is 0 Å². The van der Waals surface area contributed by atoms with Crippen molar-refractivity contribution in [3.63, 3.8) is 0 Å². The molecule has 2 heterocycles. The van der Waals surface area contributed by atoms with Crippen molar-refractivity contribution in [2.75, 3.05) is 32.8 Å². The van der Waals surface area contributed by atoms with Crippen LogP contribution < -0.4 is 0 Å². The van der Waals surface area contributed by atoms with Crippen LogP contribution in [0.3, 0.4) is 0 Å². The smallest absolute Gasteiger partial charge is 0.282 e. The second-order valence-corrected chi connectivity index (χ2v) is 8.57. The summed E-state index contributed by atoms with van der Waals surface area (Å²) in [5.41, 5.74) is 0. The van der Waals surface area contributed by atoms with Crippen LogP contribution in [0.2, 0.25) is 0 Å². The third kappa shape index (κ3) is 4.91. The fourth-order valence-electron chi connectivity index (χ4n) is 3.09. The van der Waals surface area contributed by atoms with E-state index in [0.717, 1.165) is 32.1 Å². The van der Waals surface area contributed by atoms with Gasteiger partial charge in [-0.3, -0.25) is 0 Å². The van der Waals surface area contributed by atoms with Crippen LogP contribution in [0.1, 0.15) is 52.4 Å². The van der Waals surface area contributed by atoms with Crippen molar-refractivity contribution in [1.29, 1.82) is 0 Å². The van der Waals surface area contributed by atoms with Crippen molar-refractivity contribution in [2.24, 2.45) is 5.92 Å². The van der Waals surface area contributed by atoms with Gasteiger partial charge in [0.1, 0.15) is 0 Å². The Morgan fingerprint density at radius 2 is 1.81 bits per heavy atom. The number of rotatable bonds is 6. The molecule has 0 aromatic carbocycles. The van der Waals surface area contributed by atoms with E-state index < -0.39 is 10.2 Å². The molecule has 21 heavy (non-hydrogen) atoms. The van der Waals surface area contributed by atoms with Gasteiger partial charge in [-0.15, -0.1) is 0 Å². The summed E-state index contributed by atoms with van der Waals surface area (Å²) in [6.45, 7) is 7.34. The molecule has 2 aliphatic rings. The van der Waals surface area contributed by atoms with E-state index in [-0.39, 0.29) is 6.10 Å². The molecule has 0 aromatic heterocycles. The van der Waals surface area contributed by atoms with Crippen molar-refractivity contribution in [3.05, 3.63) is 0 Å². The molecule has 2 fully saturated rings. The second-order valence-electron chi connectivity index (χ2n) is 6.64. The van der Waals surface area contributed by atoms with Crippen LogP contribution in [0.15, 0.2) is 0 Å². The van der Waals surface area contributed by atoms with Gasteiger partial charge >= 0.3 is 0 Å². The Morgan fingerprint density at radius 3 is 2.48 bits per heavy atom. The summed E-state index contributed by atoms with van der Waals surface area (Å²) in [5, 5.41) is 0. The summed E-state index contributed by atoms with van der Waals surface area (Å²) in [6.07, 6.45) is 6.44. The number of ether oxygens (including phenoxy) is 1. The maximum Gasteiger partial charge on any atom is 0.282 e. The van der Waals surface area contributed by atoms with E-state index in [4.69, 9.17) is 4.74 Å². The molecule has 0 aromatic rings. The normalized spacial score (nSPS) is 26.3. The van der Waals surface area contributed by atoms with Crippen LogP contribution in [0.4, 0.5) is 0 Å². The highest BCUT2D eigenvalue weighted by molar-refractivity contribution is 7.86. The second kappa shape index (κ2) is 7.90. The van der Waals surface area contributed by atoms with Crippen molar-refractivity contribution >= 4 is 10.2 Å². The van der Waals surface area contributed by atoms with Gasteiger partial charge in [0, 0.05) is 26.2 Å². The molecule has 0 amide bonds. The van der Waals surface area contributed by atoms with Crippen LogP contribution in [0.5, 0.6) is 0 Å². The van der Waals surface area contributed by atoms with Gasteiger partial charge < -0.3 is 4.74 Å². The molecule has 5 nitrogen and oxygen atoms in total. The number of piperidine rings is 1. The summed E-state index contributed by atoms with van der Waals surface area (Å²) < 4.78 is 34.4. The Kier molecular flexibility index (Phi) is 6.47. The van der Waals surface area contributed by atoms with Gasteiger partial charge in [0.2, 0.25) is 0 Å². The summed E-state index contributed by atoms with van der Waals surface area (Å²) in [7, 11) is -3.27. The summed E-state index contributed by atoms with van der Waals surface area (Å²) >= 11 is 0. The zero-order valence-electron chi connectivity index (χ0n) is 13.5. The van der Waals surface area contributed by atoms with Crippen LogP contribution in [-0.2, 0) is 14.9 Å². The molecule has 2 rings (SSSR count). The first-order valence-electron chi connectivity index (χ1n) is 8.37. The highest BCUT2D eigenvalue weighted by Crippen LogP contribution is 2.21. The Labute approximate surface area is 129 Å². The van der Waals surface area contributed by atoms with E-state index in [2.05, 4.69) is 13.8 Å². The highest BCUT2D eigenvalue weighted by atomic mass is 32.2. The van der Waals surface area contributed by atoms with E-state index in [9.17, 15) is 8.42 Å². The first-order valence-corrected chi connectivity index (χ1v) is 9.76. The molecule has 2 saturated heterocycles. The molecule has 0 N–H and O–H groups in total. The first kappa shape index (κ1) is 17.2. The van der Waals surface area contributed by atoms with Gasteiger partial charge in [0.05, 0.1) is 12.7 Å². The molecular formula is C15H30N2O3S.